The normalized spacial score (nSPS) is 16.0. The fourth-order valence-corrected chi connectivity index (χ4v) is 1.70. The van der Waals surface area contributed by atoms with Crippen molar-refractivity contribution in [2.75, 3.05) is 0 Å². The molecule has 1 aromatic rings. The first-order valence-corrected chi connectivity index (χ1v) is 5.07. The van der Waals surface area contributed by atoms with E-state index in [1.165, 1.54) is 0 Å². The monoisotopic (exact) mass is 203 g/mol. The van der Waals surface area contributed by atoms with E-state index in [4.69, 9.17) is 14.7 Å². The molecule has 1 aliphatic rings. The predicted molar refractivity (Wildman–Crippen MR) is 55.6 cm³/mol. The van der Waals surface area contributed by atoms with E-state index in [1.54, 1.807) is 0 Å². The molecule has 0 spiro atoms. The van der Waals surface area contributed by atoms with Gasteiger partial charge in [0.05, 0.1) is 6.07 Å². The van der Waals surface area contributed by atoms with Gasteiger partial charge in [0.25, 0.3) is 0 Å². The number of benzene rings is 1. The highest BCUT2D eigenvalue weighted by atomic mass is 16.7. The van der Waals surface area contributed by atoms with Crippen molar-refractivity contribution in [3.8, 4) is 17.6 Å². The molecule has 0 bridgehead atoms. The van der Waals surface area contributed by atoms with Crippen LogP contribution in [0.4, 0.5) is 0 Å². The average molecular weight is 203 g/mol. The van der Waals surface area contributed by atoms with E-state index < -0.39 is 5.79 Å². The third-order valence-corrected chi connectivity index (χ3v) is 2.42. The van der Waals surface area contributed by atoms with Gasteiger partial charge < -0.3 is 9.47 Å². The molecule has 3 nitrogen and oxygen atoms in total. The summed E-state index contributed by atoms with van der Waals surface area (Å²) in [6.45, 7) is 1.91. The Morgan fingerprint density at radius 1 is 1.27 bits per heavy atom. The number of ether oxygens (including phenoxy) is 2. The summed E-state index contributed by atoms with van der Waals surface area (Å²) in [5.41, 5.74) is 0. The molecule has 0 unspecified atom stereocenters. The smallest absolute Gasteiger partial charge is 0.248 e. The minimum atomic E-state index is -0.597. The van der Waals surface area contributed by atoms with Gasteiger partial charge in [0.1, 0.15) is 0 Å². The third kappa shape index (κ3) is 2.04. The summed E-state index contributed by atoms with van der Waals surface area (Å²) < 4.78 is 11.4. The molecule has 0 saturated heterocycles. The van der Waals surface area contributed by atoms with E-state index in [9.17, 15) is 0 Å². The van der Waals surface area contributed by atoms with Gasteiger partial charge in [-0.05, 0) is 18.6 Å². The Morgan fingerprint density at radius 2 is 1.87 bits per heavy atom. The van der Waals surface area contributed by atoms with Gasteiger partial charge in [-0.25, -0.2) is 0 Å². The van der Waals surface area contributed by atoms with E-state index in [2.05, 4.69) is 6.07 Å². The summed E-state index contributed by atoms with van der Waals surface area (Å²) >= 11 is 0. The molecule has 78 valence electrons. The zero-order valence-electron chi connectivity index (χ0n) is 8.69. The number of fused-ring (bicyclic) bond motifs is 1. The highest BCUT2D eigenvalue weighted by Crippen LogP contribution is 2.40. The van der Waals surface area contributed by atoms with Crippen LogP contribution in [-0.4, -0.2) is 5.79 Å². The molecule has 0 atom stereocenters. The van der Waals surface area contributed by atoms with Gasteiger partial charge in [-0.15, -0.1) is 0 Å². The van der Waals surface area contributed by atoms with Crippen LogP contribution in [0.5, 0.6) is 11.5 Å². The number of para-hydroxylation sites is 2. The fourth-order valence-electron chi connectivity index (χ4n) is 1.70. The molecule has 1 heterocycles. The number of nitriles is 1. The molecule has 0 amide bonds. The van der Waals surface area contributed by atoms with Crippen molar-refractivity contribution in [3.05, 3.63) is 24.3 Å². The van der Waals surface area contributed by atoms with E-state index in [0.717, 1.165) is 24.3 Å². The van der Waals surface area contributed by atoms with Crippen LogP contribution < -0.4 is 9.47 Å². The summed E-state index contributed by atoms with van der Waals surface area (Å²) in [6.07, 6.45) is 2.06. The standard InChI is InChI=1S/C12H13NO2/c1-12(8-4-5-9-13)14-10-6-2-3-7-11(10)15-12/h2-3,6-7H,4-5,8H2,1H3. The molecule has 1 aliphatic heterocycles. The third-order valence-electron chi connectivity index (χ3n) is 2.42. The molecular formula is C12H13NO2. The molecule has 0 N–H and O–H groups in total. The summed E-state index contributed by atoms with van der Waals surface area (Å²) in [6, 6.07) is 9.75. The van der Waals surface area contributed by atoms with Crippen LogP contribution in [0, 0.1) is 11.3 Å². The Kier molecular flexibility index (Phi) is 2.51. The maximum absolute atomic E-state index is 8.47. The van der Waals surface area contributed by atoms with Crippen molar-refractivity contribution in [2.24, 2.45) is 0 Å². The lowest BCUT2D eigenvalue weighted by atomic mass is 10.1. The zero-order valence-corrected chi connectivity index (χ0v) is 8.69. The number of unbranched alkanes of at least 4 members (excludes halogenated alkanes) is 1. The van der Waals surface area contributed by atoms with Crippen LogP contribution in [0.2, 0.25) is 0 Å². The summed E-state index contributed by atoms with van der Waals surface area (Å²) in [5.74, 6) is 0.981. The Morgan fingerprint density at radius 3 is 2.40 bits per heavy atom. The van der Waals surface area contributed by atoms with Crippen LogP contribution in [0.1, 0.15) is 26.2 Å². The minimum absolute atomic E-state index is 0.540. The molecule has 0 radical (unpaired) electrons. The molecule has 0 aliphatic carbocycles. The van der Waals surface area contributed by atoms with Gasteiger partial charge in [-0.2, -0.15) is 5.26 Å². The topological polar surface area (TPSA) is 42.2 Å². The molecule has 3 heteroatoms. The summed E-state index contributed by atoms with van der Waals surface area (Å²) in [4.78, 5) is 0. The molecule has 0 fully saturated rings. The van der Waals surface area contributed by atoms with Crippen LogP contribution in [-0.2, 0) is 0 Å². The second kappa shape index (κ2) is 3.82. The second-order valence-electron chi connectivity index (χ2n) is 3.80. The lowest BCUT2D eigenvalue weighted by Gasteiger charge is -2.22. The van der Waals surface area contributed by atoms with Crippen molar-refractivity contribution in [1.29, 1.82) is 5.26 Å². The summed E-state index contributed by atoms with van der Waals surface area (Å²) in [7, 11) is 0. The average Bonchev–Trinajstić information content (AvgIpc) is 2.54. The number of hydrogen-bond acceptors (Lipinski definition) is 3. The lowest BCUT2D eigenvalue weighted by molar-refractivity contribution is -0.0690. The van der Waals surface area contributed by atoms with E-state index in [-0.39, 0.29) is 0 Å². The second-order valence-corrected chi connectivity index (χ2v) is 3.80. The van der Waals surface area contributed by atoms with E-state index >= 15 is 0 Å². The summed E-state index contributed by atoms with van der Waals surface area (Å²) in [5, 5.41) is 8.47. The van der Waals surface area contributed by atoms with Crippen LogP contribution >= 0.6 is 0 Å². The molecule has 0 saturated carbocycles. The van der Waals surface area contributed by atoms with Crippen molar-refractivity contribution >= 4 is 0 Å². The first-order valence-electron chi connectivity index (χ1n) is 5.07. The Balaban J connectivity index is 2.02. The minimum Gasteiger partial charge on any atom is -0.449 e. The molecule has 1 aromatic carbocycles. The molecule has 15 heavy (non-hydrogen) atoms. The maximum atomic E-state index is 8.47. The first kappa shape index (κ1) is 9.85. The Labute approximate surface area is 89.2 Å². The van der Waals surface area contributed by atoms with Crippen molar-refractivity contribution in [3.63, 3.8) is 0 Å². The molecular weight excluding hydrogens is 190 g/mol. The van der Waals surface area contributed by atoms with Crippen LogP contribution in [0.3, 0.4) is 0 Å². The van der Waals surface area contributed by atoms with Gasteiger partial charge in [0, 0.05) is 19.8 Å². The van der Waals surface area contributed by atoms with Gasteiger partial charge in [0.15, 0.2) is 11.5 Å². The quantitative estimate of drug-likeness (QED) is 0.709. The van der Waals surface area contributed by atoms with Gasteiger partial charge in [-0.3, -0.25) is 0 Å². The van der Waals surface area contributed by atoms with Gasteiger partial charge in [0.2, 0.25) is 5.79 Å². The lowest BCUT2D eigenvalue weighted by Crippen LogP contribution is -2.34. The highest BCUT2D eigenvalue weighted by Gasteiger charge is 2.35. The SMILES string of the molecule is CC1(CCCC#N)Oc2ccccc2O1. The van der Waals surface area contributed by atoms with Crippen LogP contribution in [0.15, 0.2) is 24.3 Å². The zero-order chi connectivity index (χ0) is 10.7. The fraction of sp³-hybridized carbons (Fsp3) is 0.417. The van der Waals surface area contributed by atoms with Crippen LogP contribution in [0.25, 0.3) is 0 Å². The van der Waals surface area contributed by atoms with E-state index in [1.807, 2.05) is 31.2 Å². The van der Waals surface area contributed by atoms with E-state index in [0.29, 0.717) is 6.42 Å². The predicted octanol–water partition coefficient (Wildman–Crippen LogP) is 2.87. The number of hydrogen-bond donors (Lipinski definition) is 0. The molecule has 0 aromatic heterocycles. The van der Waals surface area contributed by atoms with Crippen molar-refractivity contribution < 1.29 is 9.47 Å². The number of rotatable bonds is 3. The largest absolute Gasteiger partial charge is 0.449 e. The highest BCUT2D eigenvalue weighted by molar-refractivity contribution is 5.42. The van der Waals surface area contributed by atoms with Crippen molar-refractivity contribution in [2.45, 2.75) is 32.0 Å². The molecule has 2 rings (SSSR count). The van der Waals surface area contributed by atoms with Gasteiger partial charge in [-0.1, -0.05) is 12.1 Å². The Hall–Kier alpha value is -1.69. The maximum Gasteiger partial charge on any atom is 0.248 e. The number of nitrogens with zero attached hydrogens (tertiary/aromatic N) is 1. The van der Waals surface area contributed by atoms with Gasteiger partial charge >= 0.3 is 0 Å². The Bertz CT molecular complexity index is 370. The first-order chi connectivity index (χ1) is 7.23. The van der Waals surface area contributed by atoms with Crippen molar-refractivity contribution in [1.82, 2.24) is 0 Å².